The quantitative estimate of drug-likeness (QED) is 0.601. The lowest BCUT2D eigenvalue weighted by molar-refractivity contribution is -0.110. The van der Waals surface area contributed by atoms with Crippen LogP contribution in [0.2, 0.25) is 11.6 Å². The van der Waals surface area contributed by atoms with Crippen molar-refractivity contribution in [1.29, 1.82) is 0 Å². The predicted molar refractivity (Wildman–Crippen MR) is 98.6 cm³/mol. The van der Waals surface area contributed by atoms with Crippen LogP contribution in [0.4, 0.5) is 0 Å². The van der Waals surface area contributed by atoms with Crippen LogP contribution in [-0.2, 0) is 4.65 Å². The Labute approximate surface area is 144 Å². The van der Waals surface area contributed by atoms with Gasteiger partial charge in [0.1, 0.15) is 0 Å². The van der Waals surface area contributed by atoms with Gasteiger partial charge in [0.05, 0.1) is 0 Å². The number of rotatable bonds is 3. The summed E-state index contributed by atoms with van der Waals surface area (Å²) in [6, 6.07) is 0. The zero-order valence-corrected chi connectivity index (χ0v) is 16.4. The summed E-state index contributed by atoms with van der Waals surface area (Å²) >= 11 is 0. The molecular weight excluding hydrogens is 279 g/mol. The molecule has 0 N–H and O–H groups in total. The molecule has 6 aliphatic rings. The Morgan fingerprint density at radius 1 is 0.739 bits per heavy atom. The summed E-state index contributed by atoms with van der Waals surface area (Å²) in [5.74, 6) is 7.10. The van der Waals surface area contributed by atoms with Crippen molar-refractivity contribution >= 4 is 6.92 Å². The van der Waals surface area contributed by atoms with Gasteiger partial charge in [0.15, 0.2) is 0 Å². The van der Waals surface area contributed by atoms with E-state index in [1.165, 1.54) is 25.7 Å². The molecule has 0 saturated heterocycles. The molecule has 1 nitrogen and oxygen atoms in total. The van der Waals surface area contributed by atoms with Crippen LogP contribution < -0.4 is 0 Å². The fourth-order valence-corrected chi connectivity index (χ4v) is 7.91. The van der Waals surface area contributed by atoms with Crippen LogP contribution in [0.3, 0.4) is 0 Å². The Morgan fingerprint density at radius 2 is 1.13 bits per heavy atom. The van der Waals surface area contributed by atoms with Gasteiger partial charge in [-0.3, -0.25) is 0 Å². The first kappa shape index (κ1) is 16.5. The second-order valence-electron chi connectivity index (χ2n) is 10.9. The highest BCUT2D eigenvalue weighted by atomic mass is 16.4. The van der Waals surface area contributed by atoms with E-state index in [-0.39, 0.29) is 0 Å². The van der Waals surface area contributed by atoms with Gasteiger partial charge < -0.3 is 4.65 Å². The molecule has 0 unspecified atom stereocenters. The Bertz CT molecular complexity index is 442. The number of hydrogen-bond acceptors (Lipinski definition) is 1. The van der Waals surface area contributed by atoms with Crippen LogP contribution in [0.25, 0.3) is 0 Å². The third-order valence-electron chi connectivity index (χ3n) is 9.94. The molecule has 6 aliphatic carbocycles. The zero-order valence-electron chi connectivity index (χ0n) is 16.4. The van der Waals surface area contributed by atoms with Gasteiger partial charge in [-0.05, 0) is 70.8 Å². The van der Waals surface area contributed by atoms with Crippen LogP contribution in [0.1, 0.15) is 67.2 Å². The first-order valence-electron chi connectivity index (χ1n) is 10.2. The van der Waals surface area contributed by atoms with E-state index in [0.29, 0.717) is 17.7 Å². The van der Waals surface area contributed by atoms with Crippen LogP contribution >= 0.6 is 0 Å². The van der Waals surface area contributed by atoms with E-state index in [1.54, 1.807) is 0 Å². The van der Waals surface area contributed by atoms with E-state index < -0.39 is 0 Å². The van der Waals surface area contributed by atoms with Crippen molar-refractivity contribution in [2.24, 2.45) is 46.3 Å². The topological polar surface area (TPSA) is 9.23 Å². The molecule has 0 aromatic rings. The Morgan fingerprint density at radius 3 is 1.39 bits per heavy atom. The van der Waals surface area contributed by atoms with E-state index in [0.717, 1.165) is 47.1 Å². The van der Waals surface area contributed by atoms with Gasteiger partial charge in [-0.15, -0.1) is 0 Å². The summed E-state index contributed by atoms with van der Waals surface area (Å²) < 4.78 is 6.24. The third kappa shape index (κ3) is 2.03. The smallest absolute Gasteiger partial charge is 0.299 e. The summed E-state index contributed by atoms with van der Waals surface area (Å²) in [5, 5.41) is 0. The molecule has 0 spiro atoms. The average Bonchev–Trinajstić information content (AvgIpc) is 2.49. The minimum atomic E-state index is 0.516. The monoisotopic (exact) mass is 316 g/mol. The summed E-state index contributed by atoms with van der Waals surface area (Å²) in [6.45, 7) is 15.7. The number of fused-ring (bicyclic) bond motifs is 4. The van der Waals surface area contributed by atoms with E-state index in [1.807, 2.05) is 7.11 Å². The molecule has 0 aromatic heterocycles. The maximum absolute atomic E-state index is 6.24. The summed E-state index contributed by atoms with van der Waals surface area (Å²) in [4.78, 5) is 0. The van der Waals surface area contributed by atoms with Crippen molar-refractivity contribution in [1.82, 2.24) is 0 Å². The van der Waals surface area contributed by atoms with Crippen molar-refractivity contribution in [3.05, 3.63) is 0 Å². The maximum atomic E-state index is 6.24. The van der Waals surface area contributed by atoms with Crippen molar-refractivity contribution in [3.63, 3.8) is 0 Å². The highest BCUT2D eigenvalue weighted by Gasteiger charge is 2.62. The minimum Gasteiger partial charge on any atom is -0.438 e. The van der Waals surface area contributed by atoms with Gasteiger partial charge in [-0.2, -0.15) is 0 Å². The van der Waals surface area contributed by atoms with Gasteiger partial charge in [0.25, 0.3) is 6.92 Å². The normalized spacial score (nSPS) is 52.3. The van der Waals surface area contributed by atoms with Crippen LogP contribution in [-0.4, -0.2) is 14.0 Å². The standard InChI is InChI=1S/C21H37BO/c1-12-16-8-14(20(16,3)4)10-18(12)22(23-7)19-11-15-9-17(13(19)2)21(15,5)6/h12-19H,8-11H2,1-7H3/t12-,13-,14-,15-,16+,17+,18+,19+/m0/s1. The van der Waals surface area contributed by atoms with Crippen LogP contribution in [0, 0.1) is 46.3 Å². The van der Waals surface area contributed by atoms with Gasteiger partial charge in [-0.25, -0.2) is 0 Å². The molecule has 130 valence electrons. The lowest BCUT2D eigenvalue weighted by atomic mass is 9.27. The summed E-state index contributed by atoms with van der Waals surface area (Å²) in [7, 11) is 2.00. The van der Waals surface area contributed by atoms with Gasteiger partial charge in [0.2, 0.25) is 0 Å². The zero-order chi connectivity index (χ0) is 16.7. The van der Waals surface area contributed by atoms with Crippen LogP contribution in [0.5, 0.6) is 0 Å². The van der Waals surface area contributed by atoms with Crippen LogP contribution in [0.15, 0.2) is 0 Å². The predicted octanol–water partition coefficient (Wildman–Crippen LogP) is 5.77. The summed E-state index contributed by atoms with van der Waals surface area (Å²) in [6.07, 6.45) is 5.81. The Balaban J connectivity index is 1.52. The molecule has 0 aliphatic heterocycles. The lowest BCUT2D eigenvalue weighted by Gasteiger charge is -2.65. The molecular formula is C21H37BO. The molecule has 6 fully saturated rings. The largest absolute Gasteiger partial charge is 0.438 e. The molecule has 4 bridgehead atoms. The van der Waals surface area contributed by atoms with Crippen molar-refractivity contribution in [2.75, 3.05) is 7.11 Å². The molecule has 0 radical (unpaired) electrons. The summed E-state index contributed by atoms with van der Waals surface area (Å²) in [5.41, 5.74) is 1.19. The van der Waals surface area contributed by atoms with Crippen molar-refractivity contribution < 1.29 is 4.65 Å². The van der Waals surface area contributed by atoms with E-state index in [2.05, 4.69) is 41.5 Å². The minimum absolute atomic E-state index is 0.516. The third-order valence-corrected chi connectivity index (χ3v) is 9.94. The lowest BCUT2D eigenvalue weighted by Crippen LogP contribution is -2.60. The number of hydrogen-bond donors (Lipinski definition) is 0. The first-order chi connectivity index (χ1) is 10.7. The van der Waals surface area contributed by atoms with Gasteiger partial charge in [-0.1, -0.05) is 54.4 Å². The molecule has 23 heavy (non-hydrogen) atoms. The average molecular weight is 316 g/mol. The second kappa shape index (κ2) is 5.02. The van der Waals surface area contributed by atoms with E-state index in [4.69, 9.17) is 4.65 Å². The Hall–Kier alpha value is 0.0249. The van der Waals surface area contributed by atoms with Gasteiger partial charge in [0, 0.05) is 7.11 Å². The van der Waals surface area contributed by atoms with E-state index >= 15 is 0 Å². The van der Waals surface area contributed by atoms with Crippen molar-refractivity contribution in [3.8, 4) is 0 Å². The molecule has 6 rings (SSSR count). The molecule has 0 amide bonds. The first-order valence-corrected chi connectivity index (χ1v) is 10.2. The maximum Gasteiger partial charge on any atom is 0.299 e. The molecule has 2 heteroatoms. The molecule has 6 saturated carbocycles. The van der Waals surface area contributed by atoms with E-state index in [9.17, 15) is 0 Å². The highest BCUT2D eigenvalue weighted by Crippen LogP contribution is 2.69. The second-order valence-corrected chi connectivity index (χ2v) is 10.9. The highest BCUT2D eigenvalue weighted by molar-refractivity contribution is 6.55. The molecule has 0 heterocycles. The molecule has 8 atom stereocenters. The fourth-order valence-electron chi connectivity index (χ4n) is 7.91. The molecule has 0 aromatic carbocycles. The fraction of sp³-hybridized carbons (Fsp3) is 1.00. The van der Waals surface area contributed by atoms with Gasteiger partial charge >= 0.3 is 0 Å². The SMILES string of the molecule is COB([C@@H]1C[C@@H]2C[C@H]([C@@H]1C)C2(C)C)[C@@H]1C[C@@H]2C[C@H]([C@@H]1C)C2(C)C. The van der Waals surface area contributed by atoms with Crippen molar-refractivity contribution in [2.45, 2.75) is 78.9 Å². The Kier molecular flexibility index (Phi) is 3.60.